The van der Waals surface area contributed by atoms with Gasteiger partial charge in [0.25, 0.3) is 0 Å². The van der Waals surface area contributed by atoms with Crippen molar-refractivity contribution in [3.8, 4) is 0 Å². The van der Waals surface area contributed by atoms with Gasteiger partial charge in [0, 0.05) is 50.6 Å². The van der Waals surface area contributed by atoms with Gasteiger partial charge in [0.1, 0.15) is 0 Å². The van der Waals surface area contributed by atoms with Gasteiger partial charge in [-0.1, -0.05) is 11.6 Å². The van der Waals surface area contributed by atoms with Crippen LogP contribution in [0.2, 0.25) is 4.34 Å². The number of hydrogen-bond acceptors (Lipinski definition) is 6. The molecule has 6 nitrogen and oxygen atoms in total. The lowest BCUT2D eigenvalue weighted by Gasteiger charge is -2.34. The van der Waals surface area contributed by atoms with Crippen LogP contribution in [-0.4, -0.2) is 68.4 Å². The molecular weight excluding hydrogens is 358 g/mol. The number of nitrogens with two attached hydrogens (primary N) is 1. The van der Waals surface area contributed by atoms with Crippen LogP contribution in [0.15, 0.2) is 12.1 Å². The molecule has 0 unspecified atom stereocenters. The smallest absolute Gasteiger partial charge is 0.218 e. The summed E-state index contributed by atoms with van der Waals surface area (Å²) in [6.07, 6.45) is -0.0977. The minimum Gasteiger partial charge on any atom is -0.370 e. The average Bonchev–Trinajstić information content (AvgIpc) is 2.90. The molecule has 0 atom stereocenters. The summed E-state index contributed by atoms with van der Waals surface area (Å²) in [4.78, 5) is 16.4. The summed E-state index contributed by atoms with van der Waals surface area (Å²) in [6.45, 7) is 4.94. The van der Waals surface area contributed by atoms with E-state index in [9.17, 15) is 13.2 Å². The molecule has 2 N–H and O–H groups in total. The molecule has 1 aliphatic rings. The Bertz CT molecular complexity index is 625. The normalized spacial score (nSPS) is 17.4. The molecule has 0 bridgehead atoms. The zero-order valence-electron chi connectivity index (χ0n) is 12.9. The minimum atomic E-state index is -3.20. The fourth-order valence-corrected chi connectivity index (χ4v) is 4.84. The van der Waals surface area contributed by atoms with E-state index in [1.165, 1.54) is 4.88 Å². The molecule has 1 amide bonds. The third-order valence-corrected chi connectivity index (χ3v) is 6.70. The number of hydrogen-bond donors (Lipinski definition) is 1. The first-order valence-electron chi connectivity index (χ1n) is 7.52. The minimum absolute atomic E-state index is 0.0841. The van der Waals surface area contributed by atoms with Gasteiger partial charge in [0.05, 0.1) is 15.8 Å². The van der Waals surface area contributed by atoms with Crippen LogP contribution in [0.3, 0.4) is 0 Å². The predicted octanol–water partition coefficient (Wildman–Crippen LogP) is 0.809. The Kier molecular flexibility index (Phi) is 6.84. The molecular formula is C14H22ClN3O3S2. The van der Waals surface area contributed by atoms with E-state index in [4.69, 9.17) is 17.3 Å². The molecule has 0 radical (unpaired) electrons. The maximum absolute atomic E-state index is 11.8. The van der Waals surface area contributed by atoms with Crippen molar-refractivity contribution in [2.24, 2.45) is 5.73 Å². The van der Waals surface area contributed by atoms with Crippen molar-refractivity contribution in [3.63, 3.8) is 0 Å². The lowest BCUT2D eigenvalue weighted by atomic mass is 10.3. The molecule has 1 saturated heterocycles. The number of halogens is 1. The first-order valence-corrected chi connectivity index (χ1v) is 10.5. The molecule has 23 heavy (non-hydrogen) atoms. The van der Waals surface area contributed by atoms with Gasteiger partial charge >= 0.3 is 0 Å². The number of carbonyl (C=O) groups excluding carboxylic acids is 1. The lowest BCUT2D eigenvalue weighted by Crippen LogP contribution is -2.47. The molecule has 1 fully saturated rings. The zero-order chi connectivity index (χ0) is 16.9. The van der Waals surface area contributed by atoms with Gasteiger partial charge in [-0.3, -0.25) is 14.6 Å². The lowest BCUT2D eigenvalue weighted by molar-refractivity contribution is -0.117. The number of piperazine rings is 1. The summed E-state index contributed by atoms with van der Waals surface area (Å²) in [7, 11) is -3.20. The fraction of sp³-hybridized carbons (Fsp3) is 0.643. The van der Waals surface area contributed by atoms with Crippen molar-refractivity contribution < 1.29 is 13.2 Å². The number of nitrogens with zero attached hydrogens (tertiary/aromatic N) is 2. The largest absolute Gasteiger partial charge is 0.370 e. The molecule has 0 spiro atoms. The SMILES string of the molecule is NC(=O)CCS(=O)(=O)CCN1CCN(Cc2ccc(Cl)s2)CC1. The maximum atomic E-state index is 11.8. The van der Waals surface area contributed by atoms with Crippen LogP contribution in [0.1, 0.15) is 11.3 Å². The number of sulfone groups is 1. The van der Waals surface area contributed by atoms with Crippen molar-refractivity contribution in [2.75, 3.05) is 44.2 Å². The highest BCUT2D eigenvalue weighted by molar-refractivity contribution is 7.91. The summed E-state index contributed by atoms with van der Waals surface area (Å²) in [5.41, 5.74) is 4.99. The number of amides is 1. The van der Waals surface area contributed by atoms with E-state index in [1.54, 1.807) is 11.3 Å². The van der Waals surface area contributed by atoms with Crippen LogP contribution in [0.5, 0.6) is 0 Å². The van der Waals surface area contributed by atoms with Gasteiger partial charge in [-0.05, 0) is 12.1 Å². The Morgan fingerprint density at radius 3 is 2.39 bits per heavy atom. The Balaban J connectivity index is 1.69. The molecule has 1 aliphatic heterocycles. The molecule has 1 aromatic heterocycles. The van der Waals surface area contributed by atoms with E-state index in [2.05, 4.69) is 9.80 Å². The molecule has 0 aliphatic carbocycles. The number of carbonyl (C=O) groups is 1. The first-order chi connectivity index (χ1) is 10.8. The van der Waals surface area contributed by atoms with Crippen LogP contribution in [0.4, 0.5) is 0 Å². The summed E-state index contributed by atoms with van der Waals surface area (Å²) >= 11 is 7.53. The van der Waals surface area contributed by atoms with E-state index in [0.717, 1.165) is 37.1 Å². The molecule has 130 valence electrons. The fourth-order valence-electron chi connectivity index (χ4n) is 2.45. The number of primary amides is 1. The summed E-state index contributed by atoms with van der Waals surface area (Å²) < 4.78 is 24.5. The molecule has 2 heterocycles. The van der Waals surface area contributed by atoms with Crippen molar-refractivity contribution in [1.82, 2.24) is 9.80 Å². The van der Waals surface area contributed by atoms with Crippen LogP contribution in [-0.2, 0) is 21.2 Å². The van der Waals surface area contributed by atoms with Crippen molar-refractivity contribution in [3.05, 3.63) is 21.3 Å². The zero-order valence-corrected chi connectivity index (χ0v) is 15.3. The second kappa shape index (κ2) is 8.43. The highest BCUT2D eigenvalue weighted by Crippen LogP contribution is 2.23. The third-order valence-electron chi connectivity index (χ3n) is 3.85. The highest BCUT2D eigenvalue weighted by Gasteiger charge is 2.20. The van der Waals surface area contributed by atoms with Crippen molar-refractivity contribution in [2.45, 2.75) is 13.0 Å². The van der Waals surface area contributed by atoms with Gasteiger partial charge in [-0.15, -0.1) is 11.3 Å². The van der Waals surface area contributed by atoms with Gasteiger partial charge < -0.3 is 5.73 Å². The monoisotopic (exact) mass is 379 g/mol. The Labute approximate surface area is 146 Å². The van der Waals surface area contributed by atoms with E-state index in [1.807, 2.05) is 12.1 Å². The summed E-state index contributed by atoms with van der Waals surface area (Å²) in [6, 6.07) is 3.96. The number of rotatable bonds is 8. The quantitative estimate of drug-likeness (QED) is 0.722. The maximum Gasteiger partial charge on any atom is 0.218 e. The predicted molar refractivity (Wildman–Crippen MR) is 93.5 cm³/mol. The first kappa shape index (κ1) is 18.7. The van der Waals surface area contributed by atoms with Crippen LogP contribution >= 0.6 is 22.9 Å². The summed E-state index contributed by atoms with van der Waals surface area (Å²) in [5, 5.41) is 0. The highest BCUT2D eigenvalue weighted by atomic mass is 35.5. The van der Waals surface area contributed by atoms with Gasteiger partial charge in [0.2, 0.25) is 5.91 Å². The second-order valence-corrected chi connectivity index (χ2v) is 9.80. The topological polar surface area (TPSA) is 83.7 Å². The van der Waals surface area contributed by atoms with E-state index in [0.29, 0.717) is 6.54 Å². The van der Waals surface area contributed by atoms with E-state index >= 15 is 0 Å². The molecule has 0 aromatic carbocycles. The van der Waals surface area contributed by atoms with Gasteiger partial charge in [0.15, 0.2) is 9.84 Å². The third kappa shape index (κ3) is 6.76. The van der Waals surface area contributed by atoms with Crippen LogP contribution < -0.4 is 5.73 Å². The standard InChI is InChI=1S/C14H22ClN3O3S2/c15-13-2-1-12(22-13)11-18-6-4-17(5-7-18)8-10-23(20,21)9-3-14(16)19/h1-2H,3-11H2,(H2,16,19). The average molecular weight is 380 g/mol. The Morgan fingerprint density at radius 1 is 1.17 bits per heavy atom. The Morgan fingerprint density at radius 2 is 1.83 bits per heavy atom. The Hall–Kier alpha value is -0.670. The van der Waals surface area contributed by atoms with Crippen LogP contribution in [0, 0.1) is 0 Å². The second-order valence-electron chi connectivity index (χ2n) is 5.69. The number of thiophene rings is 1. The van der Waals surface area contributed by atoms with Gasteiger partial charge in [-0.2, -0.15) is 0 Å². The van der Waals surface area contributed by atoms with E-state index in [-0.39, 0.29) is 17.9 Å². The summed E-state index contributed by atoms with van der Waals surface area (Å²) in [5.74, 6) is -0.640. The van der Waals surface area contributed by atoms with Crippen molar-refractivity contribution in [1.29, 1.82) is 0 Å². The van der Waals surface area contributed by atoms with Crippen LogP contribution in [0.25, 0.3) is 0 Å². The molecule has 1 aromatic rings. The molecule has 0 saturated carbocycles. The molecule has 2 rings (SSSR count). The van der Waals surface area contributed by atoms with E-state index < -0.39 is 15.7 Å². The van der Waals surface area contributed by atoms with Crippen molar-refractivity contribution >= 4 is 38.7 Å². The van der Waals surface area contributed by atoms with Gasteiger partial charge in [-0.25, -0.2) is 8.42 Å². The molecule has 9 heteroatoms.